The predicted molar refractivity (Wildman–Crippen MR) is 139 cm³/mol. The van der Waals surface area contributed by atoms with Crippen LogP contribution in [0.25, 0.3) is 11.3 Å². The van der Waals surface area contributed by atoms with Crippen LogP contribution >= 0.6 is 11.6 Å². The molecule has 192 valence electrons. The molecule has 2 amide bonds. The molecule has 1 atom stereocenters. The maximum absolute atomic E-state index is 13.2. The number of carbonyl (C=O) groups excluding carboxylic acids is 2. The number of anilines is 1. The molecule has 1 aliphatic carbocycles. The van der Waals surface area contributed by atoms with Crippen LogP contribution in [0.4, 0.5) is 5.95 Å². The van der Waals surface area contributed by atoms with Crippen LogP contribution in [0.1, 0.15) is 47.3 Å². The van der Waals surface area contributed by atoms with Crippen LogP contribution in [-0.4, -0.2) is 57.6 Å². The van der Waals surface area contributed by atoms with Gasteiger partial charge in [0.25, 0.3) is 5.91 Å². The summed E-state index contributed by atoms with van der Waals surface area (Å²) in [6.07, 6.45) is 2.53. The number of ether oxygens (including phenoxy) is 1. The molecule has 2 aromatic carbocycles. The lowest BCUT2D eigenvalue weighted by molar-refractivity contribution is -0.122. The number of fused-ring (bicyclic) bond motifs is 1. The largest absolute Gasteiger partial charge is 0.497 e. The van der Waals surface area contributed by atoms with Crippen molar-refractivity contribution < 1.29 is 19.4 Å². The molecule has 2 aliphatic rings. The molecule has 10 heteroatoms. The van der Waals surface area contributed by atoms with E-state index in [0.717, 1.165) is 11.1 Å². The molecule has 0 bridgehead atoms. The van der Waals surface area contributed by atoms with Crippen molar-refractivity contribution in [2.45, 2.75) is 44.5 Å². The number of carbonyl (C=O) groups is 2. The van der Waals surface area contributed by atoms with E-state index in [9.17, 15) is 14.7 Å². The minimum Gasteiger partial charge on any atom is -0.497 e. The molecule has 1 aromatic heterocycles. The van der Waals surface area contributed by atoms with E-state index in [4.69, 9.17) is 16.3 Å². The summed E-state index contributed by atoms with van der Waals surface area (Å²) in [4.78, 5) is 36.2. The Balaban J connectivity index is 1.26. The first-order chi connectivity index (χ1) is 17.8. The molecular formula is C27H28ClN5O4. The van der Waals surface area contributed by atoms with Crippen molar-refractivity contribution in [3.63, 3.8) is 0 Å². The lowest BCUT2D eigenvalue weighted by Crippen LogP contribution is -2.39. The van der Waals surface area contributed by atoms with E-state index >= 15 is 0 Å². The highest BCUT2D eigenvalue weighted by molar-refractivity contribution is 6.33. The second-order valence-electron chi connectivity index (χ2n) is 9.46. The summed E-state index contributed by atoms with van der Waals surface area (Å²) in [6, 6.07) is 12.9. The van der Waals surface area contributed by atoms with Crippen molar-refractivity contribution in [2.24, 2.45) is 0 Å². The van der Waals surface area contributed by atoms with Crippen molar-refractivity contribution in [3.8, 4) is 17.0 Å². The number of hydrogen-bond donors (Lipinski definition) is 3. The average molecular weight is 522 g/mol. The summed E-state index contributed by atoms with van der Waals surface area (Å²) in [5.41, 5.74) is 3.48. The lowest BCUT2D eigenvalue weighted by Gasteiger charge is -2.31. The number of aliphatic hydroxyl groups is 1. The van der Waals surface area contributed by atoms with Crippen LogP contribution < -0.4 is 15.4 Å². The Morgan fingerprint density at radius 3 is 2.84 bits per heavy atom. The quantitative estimate of drug-likeness (QED) is 0.415. The van der Waals surface area contributed by atoms with Gasteiger partial charge in [-0.25, -0.2) is 9.97 Å². The summed E-state index contributed by atoms with van der Waals surface area (Å²) in [5, 5.41) is 16.0. The highest BCUT2D eigenvalue weighted by Gasteiger charge is 2.30. The third-order valence-corrected chi connectivity index (χ3v) is 7.04. The molecule has 3 N–H and O–H groups in total. The van der Waals surface area contributed by atoms with Gasteiger partial charge in [0.1, 0.15) is 12.3 Å². The summed E-state index contributed by atoms with van der Waals surface area (Å²) in [6.45, 7) is 2.19. The van der Waals surface area contributed by atoms with Crippen LogP contribution in [0.3, 0.4) is 0 Å². The van der Waals surface area contributed by atoms with Gasteiger partial charge in [-0.1, -0.05) is 35.9 Å². The first-order valence-corrected chi connectivity index (χ1v) is 12.5. The normalized spacial score (nSPS) is 19.1. The first kappa shape index (κ1) is 25.0. The van der Waals surface area contributed by atoms with Crippen molar-refractivity contribution in [2.75, 3.05) is 19.0 Å². The predicted octanol–water partition coefficient (Wildman–Crippen LogP) is 3.57. The van der Waals surface area contributed by atoms with Gasteiger partial charge in [-0.15, -0.1) is 0 Å². The van der Waals surface area contributed by atoms with Gasteiger partial charge in [0.2, 0.25) is 11.9 Å². The number of nitrogens with one attached hydrogen (secondary N) is 2. The number of aromatic nitrogens is 2. The number of hydrogen-bond acceptors (Lipinski definition) is 7. The van der Waals surface area contributed by atoms with E-state index in [1.807, 2.05) is 43.3 Å². The molecule has 1 aliphatic heterocycles. The third-order valence-electron chi connectivity index (χ3n) is 6.76. The highest BCUT2D eigenvalue weighted by Crippen LogP contribution is 2.32. The van der Waals surface area contributed by atoms with Crippen LogP contribution in [-0.2, 0) is 11.3 Å². The molecule has 2 heterocycles. The van der Waals surface area contributed by atoms with Crippen LogP contribution in [0, 0.1) is 0 Å². The number of methoxy groups -OCH3 is 1. The van der Waals surface area contributed by atoms with E-state index in [1.54, 1.807) is 13.2 Å². The minimum atomic E-state index is -0.290. The first-order valence-electron chi connectivity index (χ1n) is 12.1. The maximum atomic E-state index is 13.2. The summed E-state index contributed by atoms with van der Waals surface area (Å²) >= 11 is 6.39. The zero-order chi connectivity index (χ0) is 26.1. The SMILES string of the molecule is COc1cccc(C(C)NC(=O)CN2Cc3ccc(-c4nc(N[C@H]5C[C@H](O)C5)ncc4Cl)cc3C2=O)c1. The maximum Gasteiger partial charge on any atom is 0.254 e. The van der Waals surface area contributed by atoms with Crippen molar-refractivity contribution in [1.29, 1.82) is 0 Å². The average Bonchev–Trinajstić information content (AvgIpc) is 3.18. The summed E-state index contributed by atoms with van der Waals surface area (Å²) < 4.78 is 5.26. The Bertz CT molecular complexity index is 1340. The molecule has 0 saturated heterocycles. The topological polar surface area (TPSA) is 117 Å². The van der Waals surface area contributed by atoms with E-state index < -0.39 is 0 Å². The van der Waals surface area contributed by atoms with E-state index in [0.29, 0.717) is 52.9 Å². The number of aliphatic hydroxyl groups excluding tert-OH is 1. The molecule has 3 aromatic rings. The molecule has 0 radical (unpaired) electrons. The summed E-state index contributed by atoms with van der Waals surface area (Å²) in [7, 11) is 1.60. The Hall–Kier alpha value is -3.69. The zero-order valence-electron chi connectivity index (χ0n) is 20.6. The molecule has 1 fully saturated rings. The number of nitrogens with zero attached hydrogens (tertiary/aromatic N) is 3. The van der Waals surface area contributed by atoms with Crippen LogP contribution in [0.15, 0.2) is 48.7 Å². The van der Waals surface area contributed by atoms with E-state index in [-0.39, 0.29) is 36.5 Å². The zero-order valence-corrected chi connectivity index (χ0v) is 21.3. The smallest absolute Gasteiger partial charge is 0.254 e. The van der Waals surface area contributed by atoms with E-state index in [1.165, 1.54) is 11.1 Å². The monoisotopic (exact) mass is 521 g/mol. The number of halogens is 1. The van der Waals surface area contributed by atoms with Gasteiger partial charge in [0, 0.05) is 23.7 Å². The molecule has 37 heavy (non-hydrogen) atoms. The van der Waals surface area contributed by atoms with Gasteiger partial charge in [-0.05, 0) is 49.1 Å². The Labute approximate surface area is 219 Å². The lowest BCUT2D eigenvalue weighted by atomic mass is 9.90. The fourth-order valence-electron chi connectivity index (χ4n) is 4.62. The molecule has 0 spiro atoms. The second kappa shape index (κ2) is 10.4. The van der Waals surface area contributed by atoms with Gasteiger partial charge >= 0.3 is 0 Å². The number of benzene rings is 2. The van der Waals surface area contributed by atoms with Gasteiger partial charge in [0.05, 0.1) is 36.2 Å². The van der Waals surface area contributed by atoms with Crippen LogP contribution in [0.2, 0.25) is 5.02 Å². The molecule has 1 unspecified atom stereocenters. The number of rotatable bonds is 8. The minimum absolute atomic E-state index is 0.0489. The molecule has 9 nitrogen and oxygen atoms in total. The second-order valence-corrected chi connectivity index (χ2v) is 9.86. The fourth-order valence-corrected chi connectivity index (χ4v) is 4.82. The van der Waals surface area contributed by atoms with Crippen LogP contribution in [0.5, 0.6) is 5.75 Å². The molecular weight excluding hydrogens is 494 g/mol. The Kier molecular flexibility index (Phi) is 6.99. The third kappa shape index (κ3) is 5.38. The van der Waals surface area contributed by atoms with Gasteiger partial charge in [-0.2, -0.15) is 0 Å². The van der Waals surface area contributed by atoms with Gasteiger partial charge in [0.15, 0.2) is 0 Å². The summed E-state index contributed by atoms with van der Waals surface area (Å²) in [5.74, 6) is 0.681. The highest BCUT2D eigenvalue weighted by atomic mass is 35.5. The van der Waals surface area contributed by atoms with Crippen molar-refractivity contribution in [1.82, 2.24) is 20.2 Å². The Morgan fingerprint density at radius 2 is 2.08 bits per heavy atom. The van der Waals surface area contributed by atoms with Crippen molar-refractivity contribution in [3.05, 3.63) is 70.4 Å². The molecule has 5 rings (SSSR count). The molecule has 1 saturated carbocycles. The van der Waals surface area contributed by atoms with Gasteiger partial charge < -0.3 is 25.4 Å². The Morgan fingerprint density at radius 1 is 1.27 bits per heavy atom. The number of amides is 2. The van der Waals surface area contributed by atoms with E-state index in [2.05, 4.69) is 20.6 Å². The van der Waals surface area contributed by atoms with Crippen molar-refractivity contribution >= 4 is 29.4 Å². The van der Waals surface area contributed by atoms with Gasteiger partial charge in [-0.3, -0.25) is 9.59 Å². The fraction of sp³-hybridized carbons (Fsp3) is 0.333. The standard InChI is InChI=1S/C27H28ClN5O4/c1-15(16-4-3-5-21(8-16)37-2)30-24(35)14-33-13-18-7-6-17(9-22(18)26(33)36)25-23(28)12-29-27(32-25)31-19-10-20(34)11-19/h3-9,12,15,19-20,34H,10-11,13-14H2,1-2H3,(H,30,35)(H,29,31,32)/t15?,19-,20-.